The van der Waals surface area contributed by atoms with E-state index in [1.54, 1.807) is 7.11 Å². The molecule has 0 aliphatic carbocycles. The first-order valence-electron chi connectivity index (χ1n) is 5.94. The Morgan fingerprint density at radius 3 is 2.65 bits per heavy atom. The van der Waals surface area contributed by atoms with Gasteiger partial charge in [-0.3, -0.25) is 0 Å². The lowest BCUT2D eigenvalue weighted by Crippen LogP contribution is -2.36. The third-order valence-electron chi connectivity index (χ3n) is 3.32. The molecule has 2 nitrogen and oxygen atoms in total. The highest BCUT2D eigenvalue weighted by Crippen LogP contribution is 2.29. The maximum atomic E-state index is 6.29. The number of methoxy groups -OCH3 is 1. The zero-order valence-electron chi connectivity index (χ0n) is 10.2. The van der Waals surface area contributed by atoms with Crippen LogP contribution in [0.25, 0.3) is 6.08 Å². The average Bonchev–Trinajstić information content (AvgIpc) is 2.39. The molecule has 17 heavy (non-hydrogen) atoms. The monoisotopic (exact) mass is 251 g/mol. The van der Waals surface area contributed by atoms with Crippen molar-refractivity contribution < 1.29 is 4.74 Å². The number of hydrogen-bond acceptors (Lipinski definition) is 2. The van der Waals surface area contributed by atoms with E-state index < -0.39 is 0 Å². The standard InChI is InChI=1S/C14H18ClNO/c1-3-11-4-5-14(13(15)10-11)16-8-6-12(17-2)7-9-16/h3-5,10,12H,1,6-9H2,2H3. The molecule has 0 atom stereocenters. The van der Waals surface area contributed by atoms with E-state index in [-0.39, 0.29) is 0 Å². The molecule has 3 heteroatoms. The normalized spacial score (nSPS) is 17.2. The van der Waals surface area contributed by atoms with Gasteiger partial charge in [-0.1, -0.05) is 30.3 Å². The van der Waals surface area contributed by atoms with Crippen LogP contribution in [0.4, 0.5) is 5.69 Å². The van der Waals surface area contributed by atoms with Crippen molar-refractivity contribution in [2.24, 2.45) is 0 Å². The molecule has 0 amide bonds. The molecule has 1 saturated heterocycles. The largest absolute Gasteiger partial charge is 0.381 e. The molecule has 1 aliphatic rings. The first kappa shape index (κ1) is 12.5. The molecule has 1 heterocycles. The summed E-state index contributed by atoms with van der Waals surface area (Å²) in [6, 6.07) is 6.09. The topological polar surface area (TPSA) is 12.5 Å². The molecular formula is C14H18ClNO. The van der Waals surface area contributed by atoms with Crippen LogP contribution < -0.4 is 4.90 Å². The number of anilines is 1. The van der Waals surface area contributed by atoms with Crippen molar-refractivity contribution in [1.82, 2.24) is 0 Å². The highest BCUT2D eigenvalue weighted by molar-refractivity contribution is 6.33. The highest BCUT2D eigenvalue weighted by atomic mass is 35.5. The van der Waals surface area contributed by atoms with Gasteiger partial charge in [-0.05, 0) is 30.5 Å². The number of halogens is 1. The van der Waals surface area contributed by atoms with Crippen LogP contribution >= 0.6 is 11.6 Å². The van der Waals surface area contributed by atoms with Gasteiger partial charge in [-0.15, -0.1) is 0 Å². The predicted molar refractivity (Wildman–Crippen MR) is 73.8 cm³/mol. The van der Waals surface area contributed by atoms with Crippen molar-refractivity contribution in [1.29, 1.82) is 0 Å². The fourth-order valence-corrected chi connectivity index (χ4v) is 2.55. The first-order chi connectivity index (χ1) is 8.24. The van der Waals surface area contributed by atoms with E-state index >= 15 is 0 Å². The summed E-state index contributed by atoms with van der Waals surface area (Å²) in [5, 5.41) is 0.804. The van der Waals surface area contributed by atoms with Crippen molar-refractivity contribution in [2.45, 2.75) is 18.9 Å². The minimum atomic E-state index is 0.400. The van der Waals surface area contributed by atoms with Crippen molar-refractivity contribution >= 4 is 23.4 Å². The Kier molecular flexibility index (Phi) is 4.08. The molecule has 1 aromatic rings. The summed E-state index contributed by atoms with van der Waals surface area (Å²) in [5.41, 5.74) is 2.18. The number of rotatable bonds is 3. The number of nitrogens with zero attached hydrogens (tertiary/aromatic N) is 1. The van der Waals surface area contributed by atoms with Gasteiger partial charge in [-0.2, -0.15) is 0 Å². The van der Waals surface area contributed by atoms with Crippen molar-refractivity contribution in [2.75, 3.05) is 25.1 Å². The predicted octanol–water partition coefficient (Wildman–Crippen LogP) is 3.60. The molecule has 0 unspecified atom stereocenters. The number of hydrogen-bond donors (Lipinski definition) is 0. The maximum Gasteiger partial charge on any atom is 0.0645 e. The molecule has 0 radical (unpaired) electrons. The van der Waals surface area contributed by atoms with Gasteiger partial charge < -0.3 is 9.64 Å². The molecule has 1 aliphatic heterocycles. The van der Waals surface area contributed by atoms with E-state index in [2.05, 4.69) is 23.6 Å². The van der Waals surface area contributed by atoms with Gasteiger partial charge >= 0.3 is 0 Å². The fourth-order valence-electron chi connectivity index (χ4n) is 2.24. The second-order valence-corrected chi connectivity index (χ2v) is 4.74. The van der Waals surface area contributed by atoms with Crippen molar-refractivity contribution in [3.05, 3.63) is 35.4 Å². The van der Waals surface area contributed by atoms with Crippen molar-refractivity contribution in [3.8, 4) is 0 Å². The summed E-state index contributed by atoms with van der Waals surface area (Å²) < 4.78 is 5.37. The van der Waals surface area contributed by atoms with Gasteiger partial charge in [0.25, 0.3) is 0 Å². The fraction of sp³-hybridized carbons (Fsp3) is 0.429. The van der Waals surface area contributed by atoms with E-state index in [4.69, 9.17) is 16.3 Å². The second kappa shape index (κ2) is 5.56. The van der Waals surface area contributed by atoms with Gasteiger partial charge in [0, 0.05) is 20.2 Å². The second-order valence-electron chi connectivity index (χ2n) is 4.34. The molecule has 0 saturated carbocycles. The van der Waals surface area contributed by atoms with Crippen LogP contribution in [-0.2, 0) is 4.74 Å². The van der Waals surface area contributed by atoms with Gasteiger partial charge in [0.2, 0.25) is 0 Å². The summed E-state index contributed by atoms with van der Waals surface area (Å²) in [7, 11) is 1.78. The van der Waals surface area contributed by atoms with Crippen LogP contribution in [0.5, 0.6) is 0 Å². The zero-order valence-corrected chi connectivity index (χ0v) is 10.9. The third-order valence-corrected chi connectivity index (χ3v) is 3.63. The molecule has 0 N–H and O–H groups in total. The average molecular weight is 252 g/mol. The zero-order chi connectivity index (χ0) is 12.3. The van der Waals surface area contributed by atoms with E-state index in [1.165, 1.54) is 0 Å². The Morgan fingerprint density at radius 1 is 1.41 bits per heavy atom. The number of ether oxygens (including phenoxy) is 1. The highest BCUT2D eigenvalue weighted by Gasteiger charge is 2.20. The Bertz CT molecular complexity index is 397. The van der Waals surface area contributed by atoms with Crippen molar-refractivity contribution in [3.63, 3.8) is 0 Å². The molecule has 92 valence electrons. The third kappa shape index (κ3) is 2.82. The van der Waals surface area contributed by atoms with Gasteiger partial charge in [-0.25, -0.2) is 0 Å². The lowest BCUT2D eigenvalue weighted by Gasteiger charge is -2.33. The summed E-state index contributed by atoms with van der Waals surface area (Å²) in [6.45, 7) is 5.76. The van der Waals surface area contributed by atoms with Crippen LogP contribution in [-0.4, -0.2) is 26.3 Å². The lowest BCUT2D eigenvalue weighted by molar-refractivity contribution is 0.0819. The van der Waals surface area contributed by atoms with Crippen LogP contribution in [0.1, 0.15) is 18.4 Å². The first-order valence-corrected chi connectivity index (χ1v) is 6.32. The number of benzene rings is 1. The van der Waals surface area contributed by atoms with E-state index in [9.17, 15) is 0 Å². The molecule has 0 aromatic heterocycles. The number of piperidine rings is 1. The van der Waals surface area contributed by atoms with Gasteiger partial charge in [0.15, 0.2) is 0 Å². The minimum Gasteiger partial charge on any atom is -0.381 e. The minimum absolute atomic E-state index is 0.400. The molecule has 1 aromatic carbocycles. The summed E-state index contributed by atoms with van der Waals surface area (Å²) in [4.78, 5) is 2.32. The molecule has 1 fully saturated rings. The summed E-state index contributed by atoms with van der Waals surface area (Å²) in [6.07, 6.45) is 4.34. The quantitative estimate of drug-likeness (QED) is 0.814. The Balaban J connectivity index is 2.10. The van der Waals surface area contributed by atoms with Crippen LogP contribution in [0, 0.1) is 0 Å². The van der Waals surface area contributed by atoms with E-state index in [1.807, 2.05) is 12.1 Å². The van der Waals surface area contributed by atoms with Crippen LogP contribution in [0.2, 0.25) is 5.02 Å². The Labute approximate surface area is 108 Å². The SMILES string of the molecule is C=Cc1ccc(N2CCC(OC)CC2)c(Cl)c1. The molecular weight excluding hydrogens is 234 g/mol. The van der Waals surface area contributed by atoms with Gasteiger partial charge in [0.05, 0.1) is 16.8 Å². The van der Waals surface area contributed by atoms with Crippen LogP contribution in [0.3, 0.4) is 0 Å². The van der Waals surface area contributed by atoms with E-state index in [0.717, 1.165) is 42.2 Å². The van der Waals surface area contributed by atoms with Crippen LogP contribution in [0.15, 0.2) is 24.8 Å². The van der Waals surface area contributed by atoms with Gasteiger partial charge in [0.1, 0.15) is 0 Å². The molecule has 0 spiro atoms. The molecule has 0 bridgehead atoms. The summed E-state index contributed by atoms with van der Waals surface area (Å²) in [5.74, 6) is 0. The lowest BCUT2D eigenvalue weighted by atomic mass is 10.1. The summed E-state index contributed by atoms with van der Waals surface area (Å²) >= 11 is 6.29. The van der Waals surface area contributed by atoms with E-state index in [0.29, 0.717) is 6.10 Å². The molecule has 2 rings (SSSR count). The Morgan fingerprint density at radius 2 is 2.12 bits per heavy atom. The Hall–Kier alpha value is -0.990. The maximum absolute atomic E-state index is 6.29. The smallest absolute Gasteiger partial charge is 0.0645 e.